The Morgan fingerprint density at radius 2 is 1.79 bits per heavy atom. The van der Waals surface area contributed by atoms with Crippen LogP contribution >= 0.6 is 0 Å². The molecule has 0 spiro atoms. The molecule has 1 fully saturated rings. The second-order valence-electron chi connectivity index (χ2n) is 6.85. The number of amides is 2. The lowest BCUT2D eigenvalue weighted by molar-refractivity contribution is -0.134. The number of carbonyl (C=O) groups is 2. The van der Waals surface area contributed by atoms with Gasteiger partial charge in [-0.05, 0) is 31.0 Å². The molecule has 8 heteroatoms. The number of aryl methyl sites for hydroxylation is 1. The minimum absolute atomic E-state index is 0.121. The van der Waals surface area contributed by atoms with Crippen LogP contribution in [-0.2, 0) is 16.0 Å². The molecule has 1 aromatic carbocycles. The Labute approximate surface area is 169 Å². The number of piperazine rings is 1. The molecule has 2 aromatic rings. The van der Waals surface area contributed by atoms with Crippen molar-refractivity contribution in [3.05, 3.63) is 40.2 Å². The average molecular weight is 402 g/mol. The molecule has 1 aromatic heterocycles. The first kappa shape index (κ1) is 20.7. The molecular formula is C21H26N2O6. The monoisotopic (exact) mass is 402 g/mol. The van der Waals surface area contributed by atoms with Gasteiger partial charge >= 0.3 is 11.7 Å². The molecule has 3 rings (SSSR count). The fourth-order valence-electron chi connectivity index (χ4n) is 3.37. The van der Waals surface area contributed by atoms with Crippen molar-refractivity contribution >= 4 is 23.0 Å². The number of fused-ring (bicyclic) bond motifs is 1. The van der Waals surface area contributed by atoms with Gasteiger partial charge in [0.15, 0.2) is 6.61 Å². The highest BCUT2D eigenvalue weighted by molar-refractivity contribution is 5.82. The Hall–Kier alpha value is -3.03. The van der Waals surface area contributed by atoms with Gasteiger partial charge in [0, 0.05) is 43.7 Å². The first-order valence-electron chi connectivity index (χ1n) is 9.91. The molecule has 0 bridgehead atoms. The van der Waals surface area contributed by atoms with E-state index in [1.165, 1.54) is 6.07 Å². The predicted octanol–water partition coefficient (Wildman–Crippen LogP) is 2.43. The van der Waals surface area contributed by atoms with Crippen LogP contribution in [0.1, 0.15) is 25.8 Å². The molecule has 0 N–H and O–H groups in total. The maximum absolute atomic E-state index is 12.4. The van der Waals surface area contributed by atoms with Crippen LogP contribution in [0.25, 0.3) is 11.0 Å². The fraction of sp³-hybridized carbons (Fsp3) is 0.476. The number of rotatable bonds is 6. The zero-order chi connectivity index (χ0) is 20.8. The number of carbonyl (C=O) groups excluding carboxylic acids is 2. The molecule has 1 aliphatic rings. The summed E-state index contributed by atoms with van der Waals surface area (Å²) in [5.41, 5.74) is 1.00. The number of ether oxygens (including phenoxy) is 2. The standard InChI is InChI=1S/C21H26N2O6/c1-3-5-15-12-20(25)29-18-13-16(6-7-17(15)18)28-14-19(24)22-8-10-23(11-9-22)21(26)27-4-2/h6-7,12-13H,3-5,8-11,14H2,1-2H3. The van der Waals surface area contributed by atoms with Crippen molar-refractivity contribution in [2.45, 2.75) is 26.7 Å². The predicted molar refractivity (Wildman–Crippen MR) is 107 cm³/mol. The normalized spacial score (nSPS) is 14.1. The van der Waals surface area contributed by atoms with Gasteiger partial charge in [-0.1, -0.05) is 13.3 Å². The first-order valence-corrected chi connectivity index (χ1v) is 9.91. The van der Waals surface area contributed by atoms with Gasteiger partial charge in [0.1, 0.15) is 11.3 Å². The zero-order valence-electron chi connectivity index (χ0n) is 16.8. The molecule has 29 heavy (non-hydrogen) atoms. The summed E-state index contributed by atoms with van der Waals surface area (Å²) in [5.74, 6) is 0.308. The molecule has 8 nitrogen and oxygen atoms in total. The van der Waals surface area contributed by atoms with E-state index in [2.05, 4.69) is 6.92 Å². The van der Waals surface area contributed by atoms with E-state index in [0.717, 1.165) is 23.8 Å². The highest BCUT2D eigenvalue weighted by Gasteiger charge is 2.25. The lowest BCUT2D eigenvalue weighted by atomic mass is 10.1. The molecule has 1 aliphatic heterocycles. The second kappa shape index (κ2) is 9.45. The summed E-state index contributed by atoms with van der Waals surface area (Å²) in [5, 5.41) is 0.875. The largest absolute Gasteiger partial charge is 0.484 e. The van der Waals surface area contributed by atoms with E-state index in [9.17, 15) is 14.4 Å². The van der Waals surface area contributed by atoms with Crippen LogP contribution in [0.15, 0.2) is 33.5 Å². The van der Waals surface area contributed by atoms with Gasteiger partial charge in [0.05, 0.1) is 6.61 Å². The maximum Gasteiger partial charge on any atom is 0.409 e. The second-order valence-corrected chi connectivity index (χ2v) is 6.85. The van der Waals surface area contributed by atoms with E-state index >= 15 is 0 Å². The third kappa shape index (κ3) is 5.07. The van der Waals surface area contributed by atoms with Crippen molar-refractivity contribution in [1.29, 1.82) is 0 Å². The van der Waals surface area contributed by atoms with E-state index in [1.54, 1.807) is 28.9 Å². The summed E-state index contributed by atoms with van der Waals surface area (Å²) in [7, 11) is 0. The van der Waals surface area contributed by atoms with Gasteiger partial charge in [-0.2, -0.15) is 0 Å². The molecule has 0 radical (unpaired) electrons. The number of nitrogens with zero attached hydrogens (tertiary/aromatic N) is 2. The van der Waals surface area contributed by atoms with E-state index in [0.29, 0.717) is 44.1 Å². The van der Waals surface area contributed by atoms with Crippen LogP contribution in [0, 0.1) is 0 Å². The summed E-state index contributed by atoms with van der Waals surface area (Å²) >= 11 is 0. The maximum atomic E-state index is 12.4. The lowest BCUT2D eigenvalue weighted by Gasteiger charge is -2.33. The molecule has 156 valence electrons. The highest BCUT2D eigenvalue weighted by Crippen LogP contribution is 2.23. The molecule has 0 unspecified atom stereocenters. The van der Waals surface area contributed by atoms with Gasteiger partial charge in [-0.3, -0.25) is 4.79 Å². The van der Waals surface area contributed by atoms with Crippen LogP contribution in [0.3, 0.4) is 0 Å². The minimum atomic E-state index is -0.395. The van der Waals surface area contributed by atoms with Gasteiger partial charge in [-0.25, -0.2) is 9.59 Å². The Bertz CT molecular complexity index is 930. The van der Waals surface area contributed by atoms with E-state index in [4.69, 9.17) is 13.9 Å². The minimum Gasteiger partial charge on any atom is -0.484 e. The Morgan fingerprint density at radius 3 is 2.48 bits per heavy atom. The van der Waals surface area contributed by atoms with E-state index in [-0.39, 0.29) is 18.6 Å². The Kier molecular flexibility index (Phi) is 6.74. The molecule has 0 saturated carbocycles. The van der Waals surface area contributed by atoms with Crippen LogP contribution in [0.2, 0.25) is 0 Å². The lowest BCUT2D eigenvalue weighted by Crippen LogP contribution is -2.51. The van der Waals surface area contributed by atoms with Gasteiger partial charge in [-0.15, -0.1) is 0 Å². The van der Waals surface area contributed by atoms with Crippen molar-refractivity contribution in [3.8, 4) is 5.75 Å². The van der Waals surface area contributed by atoms with Crippen LogP contribution in [0.5, 0.6) is 5.75 Å². The molecule has 0 aliphatic carbocycles. The smallest absolute Gasteiger partial charge is 0.409 e. The fourth-order valence-corrected chi connectivity index (χ4v) is 3.37. The molecule has 1 saturated heterocycles. The quantitative estimate of drug-likeness (QED) is 0.690. The molecular weight excluding hydrogens is 376 g/mol. The van der Waals surface area contributed by atoms with Gasteiger partial charge in [0.2, 0.25) is 0 Å². The van der Waals surface area contributed by atoms with Crippen molar-refractivity contribution in [2.24, 2.45) is 0 Å². The average Bonchev–Trinajstić information content (AvgIpc) is 2.72. The number of hydrogen-bond donors (Lipinski definition) is 0. The number of benzene rings is 1. The third-order valence-corrected chi connectivity index (χ3v) is 4.84. The Morgan fingerprint density at radius 1 is 1.07 bits per heavy atom. The highest BCUT2D eigenvalue weighted by atomic mass is 16.6. The van der Waals surface area contributed by atoms with Crippen LogP contribution < -0.4 is 10.4 Å². The molecule has 2 heterocycles. The summed E-state index contributed by atoms with van der Waals surface area (Å²) in [6.45, 7) is 5.77. The van der Waals surface area contributed by atoms with Crippen molar-refractivity contribution in [3.63, 3.8) is 0 Å². The molecule has 2 amide bonds. The summed E-state index contributed by atoms with van der Waals surface area (Å²) in [4.78, 5) is 39.2. The summed E-state index contributed by atoms with van der Waals surface area (Å²) < 4.78 is 15.9. The zero-order valence-corrected chi connectivity index (χ0v) is 16.8. The van der Waals surface area contributed by atoms with E-state index in [1.807, 2.05) is 6.07 Å². The van der Waals surface area contributed by atoms with Gasteiger partial charge < -0.3 is 23.7 Å². The van der Waals surface area contributed by atoms with Crippen LogP contribution in [-0.4, -0.2) is 61.2 Å². The summed E-state index contributed by atoms with van der Waals surface area (Å²) in [6.07, 6.45) is 1.36. The topological polar surface area (TPSA) is 89.3 Å². The molecule has 0 atom stereocenters. The van der Waals surface area contributed by atoms with Crippen molar-refractivity contribution in [1.82, 2.24) is 9.80 Å². The third-order valence-electron chi connectivity index (χ3n) is 4.84. The SMILES string of the molecule is CCCc1cc(=O)oc2cc(OCC(=O)N3CCN(C(=O)OCC)CC3)ccc12. The van der Waals surface area contributed by atoms with Gasteiger partial charge in [0.25, 0.3) is 5.91 Å². The van der Waals surface area contributed by atoms with Crippen molar-refractivity contribution in [2.75, 3.05) is 39.4 Å². The summed E-state index contributed by atoms with van der Waals surface area (Å²) in [6, 6.07) is 6.78. The first-order chi connectivity index (χ1) is 14.0. The van der Waals surface area contributed by atoms with Crippen molar-refractivity contribution < 1.29 is 23.5 Å². The van der Waals surface area contributed by atoms with Crippen LogP contribution in [0.4, 0.5) is 4.79 Å². The Balaban J connectivity index is 1.58. The van der Waals surface area contributed by atoms with E-state index < -0.39 is 5.63 Å². The number of hydrogen-bond acceptors (Lipinski definition) is 6.